The number of anilines is 3. The highest BCUT2D eigenvalue weighted by atomic mass is 16.5. The van der Waals surface area contributed by atoms with Crippen LogP contribution in [0.5, 0.6) is 0 Å². The molecule has 0 aliphatic carbocycles. The first-order valence-corrected chi connectivity index (χ1v) is 12.9. The number of likely N-dealkylation sites (N-methyl/N-ethyl adjacent to an activating group) is 1. The van der Waals surface area contributed by atoms with Crippen molar-refractivity contribution in [2.75, 3.05) is 68.9 Å². The standard InChI is InChI=1S/C27H32N8O3/c1-2-31-12-14-32(15-13-31)25(36)22-8-10-24(11-9-22)35(33-16-18-38-19-17-33)27(37)34(23-6-4-3-5-7-23)26-29-20-28-21-30-26/h3-11,20-21H,2,12-19H2,1H3. The summed E-state index contributed by atoms with van der Waals surface area (Å²) in [6, 6.07) is 16.1. The second-order valence-electron chi connectivity index (χ2n) is 9.04. The first kappa shape index (κ1) is 25.7. The predicted octanol–water partition coefficient (Wildman–Crippen LogP) is 2.66. The third kappa shape index (κ3) is 5.64. The van der Waals surface area contributed by atoms with Gasteiger partial charge in [0.05, 0.1) is 24.6 Å². The number of hydrazine groups is 1. The molecule has 0 N–H and O–H groups in total. The summed E-state index contributed by atoms with van der Waals surface area (Å²) in [4.78, 5) is 45.5. The molecule has 3 aromatic rings. The highest BCUT2D eigenvalue weighted by Crippen LogP contribution is 2.28. The van der Waals surface area contributed by atoms with E-state index in [-0.39, 0.29) is 17.9 Å². The van der Waals surface area contributed by atoms with Gasteiger partial charge in [0, 0.05) is 44.8 Å². The van der Waals surface area contributed by atoms with Crippen molar-refractivity contribution in [3.05, 3.63) is 72.8 Å². The van der Waals surface area contributed by atoms with Crippen LogP contribution in [0.1, 0.15) is 17.3 Å². The summed E-state index contributed by atoms with van der Waals surface area (Å²) in [5.74, 6) is 0.222. The minimum Gasteiger partial charge on any atom is -0.379 e. The maximum Gasteiger partial charge on any atom is 0.350 e. The van der Waals surface area contributed by atoms with Crippen molar-refractivity contribution < 1.29 is 14.3 Å². The Morgan fingerprint density at radius 2 is 1.50 bits per heavy atom. The number of rotatable bonds is 6. The molecule has 38 heavy (non-hydrogen) atoms. The van der Waals surface area contributed by atoms with Gasteiger partial charge in [0.2, 0.25) is 5.95 Å². The van der Waals surface area contributed by atoms with Gasteiger partial charge in [-0.05, 0) is 42.9 Å². The van der Waals surface area contributed by atoms with Crippen molar-refractivity contribution in [2.45, 2.75) is 6.92 Å². The number of aromatic nitrogens is 3. The number of urea groups is 1. The Bertz CT molecular complexity index is 1160. The van der Waals surface area contributed by atoms with Gasteiger partial charge in [0.15, 0.2) is 0 Å². The first-order valence-electron chi connectivity index (χ1n) is 12.9. The molecule has 0 radical (unpaired) electrons. The van der Waals surface area contributed by atoms with Crippen LogP contribution in [-0.2, 0) is 4.74 Å². The van der Waals surface area contributed by atoms with Crippen molar-refractivity contribution in [3.63, 3.8) is 0 Å². The minimum atomic E-state index is -0.348. The molecule has 2 aromatic carbocycles. The number of benzene rings is 2. The average Bonchev–Trinajstić information content (AvgIpc) is 2.99. The number of carbonyl (C=O) groups is 2. The molecule has 0 spiro atoms. The van der Waals surface area contributed by atoms with E-state index in [1.807, 2.05) is 52.4 Å². The zero-order valence-electron chi connectivity index (χ0n) is 21.5. The lowest BCUT2D eigenvalue weighted by atomic mass is 10.1. The van der Waals surface area contributed by atoms with Gasteiger partial charge in [-0.3, -0.25) is 4.79 Å². The Kier molecular flexibility index (Phi) is 8.17. The molecule has 2 saturated heterocycles. The van der Waals surface area contributed by atoms with Gasteiger partial charge in [-0.2, -0.15) is 0 Å². The summed E-state index contributed by atoms with van der Waals surface area (Å²) in [5, 5.41) is 3.57. The Morgan fingerprint density at radius 1 is 0.842 bits per heavy atom. The van der Waals surface area contributed by atoms with E-state index in [1.54, 1.807) is 17.1 Å². The summed E-state index contributed by atoms with van der Waals surface area (Å²) in [7, 11) is 0. The van der Waals surface area contributed by atoms with Gasteiger partial charge in [-0.15, -0.1) is 0 Å². The Balaban J connectivity index is 1.44. The van der Waals surface area contributed by atoms with E-state index in [1.165, 1.54) is 17.6 Å². The van der Waals surface area contributed by atoms with Gasteiger partial charge >= 0.3 is 6.03 Å². The Hall–Kier alpha value is -3.93. The summed E-state index contributed by atoms with van der Waals surface area (Å²) in [5.41, 5.74) is 1.87. The van der Waals surface area contributed by atoms with E-state index >= 15 is 0 Å². The fourth-order valence-electron chi connectivity index (χ4n) is 4.68. The number of carbonyl (C=O) groups excluding carboxylic acids is 2. The topological polar surface area (TPSA) is 98.2 Å². The molecule has 1 aromatic heterocycles. The van der Waals surface area contributed by atoms with Crippen LogP contribution >= 0.6 is 0 Å². The summed E-state index contributed by atoms with van der Waals surface area (Å²) < 4.78 is 5.55. The van der Waals surface area contributed by atoms with E-state index in [0.717, 1.165) is 19.6 Å². The molecule has 3 amide bonds. The molecule has 2 aliphatic rings. The van der Waals surface area contributed by atoms with Crippen molar-refractivity contribution in [3.8, 4) is 0 Å². The molecule has 198 valence electrons. The number of ether oxygens (including phenoxy) is 1. The third-order valence-corrected chi connectivity index (χ3v) is 6.80. The lowest BCUT2D eigenvalue weighted by Gasteiger charge is -2.39. The number of hydrogen-bond donors (Lipinski definition) is 0. The number of piperazine rings is 1. The van der Waals surface area contributed by atoms with Crippen LogP contribution in [0.25, 0.3) is 0 Å². The third-order valence-electron chi connectivity index (χ3n) is 6.80. The van der Waals surface area contributed by atoms with E-state index < -0.39 is 0 Å². The van der Waals surface area contributed by atoms with Gasteiger partial charge in [-0.1, -0.05) is 25.1 Å². The van der Waals surface area contributed by atoms with E-state index in [2.05, 4.69) is 26.8 Å². The lowest BCUT2D eigenvalue weighted by Crippen LogP contribution is -2.55. The highest BCUT2D eigenvalue weighted by molar-refractivity contribution is 6.07. The molecular formula is C27H32N8O3. The van der Waals surface area contributed by atoms with Crippen LogP contribution < -0.4 is 9.91 Å². The second kappa shape index (κ2) is 12.1. The zero-order valence-corrected chi connectivity index (χ0v) is 21.5. The lowest BCUT2D eigenvalue weighted by molar-refractivity contribution is 0.0364. The molecule has 0 atom stereocenters. The Morgan fingerprint density at radius 3 is 2.13 bits per heavy atom. The molecule has 11 heteroatoms. The molecule has 2 fully saturated rings. The number of para-hydroxylation sites is 1. The summed E-state index contributed by atoms with van der Waals surface area (Å²) >= 11 is 0. The van der Waals surface area contributed by atoms with Gasteiger partial charge in [0.1, 0.15) is 12.7 Å². The fraction of sp³-hybridized carbons (Fsp3) is 0.370. The predicted molar refractivity (Wildman–Crippen MR) is 143 cm³/mol. The quantitative estimate of drug-likeness (QED) is 0.493. The molecule has 0 saturated carbocycles. The summed E-state index contributed by atoms with van der Waals surface area (Å²) in [6.45, 7) is 8.39. The van der Waals surface area contributed by atoms with E-state index in [9.17, 15) is 9.59 Å². The smallest absolute Gasteiger partial charge is 0.350 e. The van der Waals surface area contributed by atoms with Crippen LogP contribution in [-0.4, -0.2) is 101 Å². The van der Waals surface area contributed by atoms with Crippen molar-refractivity contribution >= 4 is 29.3 Å². The largest absolute Gasteiger partial charge is 0.379 e. The molecular weight excluding hydrogens is 484 g/mol. The number of nitrogens with zero attached hydrogens (tertiary/aromatic N) is 8. The van der Waals surface area contributed by atoms with Crippen LogP contribution in [0.3, 0.4) is 0 Å². The summed E-state index contributed by atoms with van der Waals surface area (Å²) in [6.07, 6.45) is 2.73. The van der Waals surface area contributed by atoms with Crippen molar-refractivity contribution in [1.82, 2.24) is 29.8 Å². The van der Waals surface area contributed by atoms with E-state index in [4.69, 9.17) is 4.74 Å². The number of morpholine rings is 1. The van der Waals surface area contributed by atoms with Gasteiger partial charge in [0.25, 0.3) is 5.91 Å². The second-order valence-corrected chi connectivity index (χ2v) is 9.04. The molecule has 0 bridgehead atoms. The van der Waals surface area contributed by atoms with Crippen LogP contribution in [0.4, 0.5) is 22.1 Å². The molecule has 11 nitrogen and oxygen atoms in total. The molecule has 2 aliphatic heterocycles. The SMILES string of the molecule is CCN1CCN(C(=O)c2ccc(N(C(=O)N(c3ccccc3)c3ncncn3)N3CCOCC3)cc2)CC1. The highest BCUT2D eigenvalue weighted by Gasteiger charge is 2.32. The molecule has 3 heterocycles. The van der Waals surface area contributed by atoms with Crippen molar-refractivity contribution in [2.24, 2.45) is 0 Å². The zero-order chi connectivity index (χ0) is 26.3. The monoisotopic (exact) mass is 516 g/mol. The maximum atomic E-state index is 14.3. The van der Waals surface area contributed by atoms with Crippen molar-refractivity contribution in [1.29, 1.82) is 0 Å². The maximum absolute atomic E-state index is 14.3. The number of amides is 3. The number of hydrogen-bond acceptors (Lipinski definition) is 8. The minimum absolute atomic E-state index is 0.00708. The van der Waals surface area contributed by atoms with E-state index in [0.29, 0.717) is 56.3 Å². The van der Waals surface area contributed by atoms with Gasteiger partial charge in [-0.25, -0.2) is 34.7 Å². The normalized spacial score (nSPS) is 16.7. The van der Waals surface area contributed by atoms with Crippen LogP contribution in [0.2, 0.25) is 0 Å². The van der Waals surface area contributed by atoms with Gasteiger partial charge < -0.3 is 14.5 Å². The van der Waals surface area contributed by atoms with Crippen LogP contribution in [0.15, 0.2) is 67.3 Å². The molecule has 5 rings (SSSR count). The molecule has 0 unspecified atom stereocenters. The fourth-order valence-corrected chi connectivity index (χ4v) is 4.68. The Labute approximate surface area is 222 Å². The first-order chi connectivity index (χ1) is 18.7. The van der Waals surface area contributed by atoms with Crippen LogP contribution in [0, 0.1) is 0 Å². The average molecular weight is 517 g/mol.